The largest absolute Gasteiger partial charge is 0.378 e. The highest BCUT2D eigenvalue weighted by atomic mass is 35.5. The monoisotopic (exact) mass is 372 g/mol. The maximum Gasteiger partial charge on any atom is 0.222 e. The fourth-order valence-corrected chi connectivity index (χ4v) is 3.49. The molecule has 9 heteroatoms. The number of rotatable bonds is 3. The lowest BCUT2D eigenvalue weighted by atomic mass is 9.96. The molecule has 4 aromatic rings. The summed E-state index contributed by atoms with van der Waals surface area (Å²) in [5.74, 6) is 0.490. The lowest BCUT2D eigenvalue weighted by Crippen LogP contribution is -2.22. The molecule has 1 aromatic carbocycles. The Morgan fingerprint density at radius 3 is 2.88 bits per heavy atom. The van der Waals surface area contributed by atoms with Crippen molar-refractivity contribution in [1.29, 1.82) is 0 Å². The van der Waals surface area contributed by atoms with Crippen LogP contribution in [0.5, 0.6) is 0 Å². The Kier molecular flexibility index (Phi) is 3.68. The van der Waals surface area contributed by atoms with Crippen molar-refractivity contribution in [2.24, 2.45) is 0 Å². The van der Waals surface area contributed by atoms with Crippen LogP contribution in [0.2, 0.25) is 5.02 Å². The Labute approximate surface area is 151 Å². The zero-order chi connectivity index (χ0) is 17.6. The molecule has 0 spiro atoms. The topological polar surface area (TPSA) is 103 Å². The third-order valence-corrected chi connectivity index (χ3v) is 5.18. The van der Waals surface area contributed by atoms with Gasteiger partial charge in [-0.15, -0.1) is 11.3 Å². The third kappa shape index (κ3) is 2.64. The molecule has 0 bridgehead atoms. The van der Waals surface area contributed by atoms with Crippen LogP contribution in [0.15, 0.2) is 42.2 Å². The van der Waals surface area contributed by atoms with E-state index in [-0.39, 0.29) is 5.95 Å². The summed E-state index contributed by atoms with van der Waals surface area (Å²) in [6.45, 7) is 1.71. The van der Waals surface area contributed by atoms with E-state index in [9.17, 15) is 5.11 Å². The van der Waals surface area contributed by atoms with Crippen molar-refractivity contribution in [3.63, 3.8) is 0 Å². The predicted molar refractivity (Wildman–Crippen MR) is 96.9 cm³/mol. The predicted octanol–water partition coefficient (Wildman–Crippen LogP) is 2.76. The Hall–Kier alpha value is -2.55. The number of benzene rings is 1. The number of aromatic nitrogens is 5. The molecule has 7 nitrogen and oxygen atoms in total. The van der Waals surface area contributed by atoms with Crippen molar-refractivity contribution in [2.75, 3.05) is 5.73 Å². The summed E-state index contributed by atoms with van der Waals surface area (Å²) in [5, 5.41) is 18.9. The van der Waals surface area contributed by atoms with E-state index in [1.807, 2.05) is 23.6 Å². The molecule has 3 N–H and O–H groups in total. The number of nitrogens with two attached hydrogens (primary N) is 1. The standard InChI is InChI=1S/C16H13ClN6OS/c1-16(24,14-19-4-5-25-14)10-3-2-9-7-21-23(12(9)6-10)13-11(17)8-20-15(18)22-13/h2-8,24H,1H3,(H2,18,20,22). The van der Waals surface area contributed by atoms with Crippen molar-refractivity contribution in [3.05, 3.63) is 57.8 Å². The molecule has 0 saturated heterocycles. The Bertz CT molecular complexity index is 1060. The van der Waals surface area contributed by atoms with Crippen LogP contribution in [0.3, 0.4) is 0 Å². The minimum atomic E-state index is -1.22. The smallest absolute Gasteiger partial charge is 0.222 e. The van der Waals surface area contributed by atoms with Gasteiger partial charge in [0.15, 0.2) is 5.82 Å². The molecule has 0 aliphatic heterocycles. The van der Waals surface area contributed by atoms with Gasteiger partial charge >= 0.3 is 0 Å². The summed E-state index contributed by atoms with van der Waals surface area (Å²) in [6, 6.07) is 5.58. The van der Waals surface area contributed by atoms with E-state index in [1.165, 1.54) is 17.5 Å². The summed E-state index contributed by atoms with van der Waals surface area (Å²) in [6.07, 6.45) is 4.80. The van der Waals surface area contributed by atoms with Crippen LogP contribution in [0, 0.1) is 0 Å². The summed E-state index contributed by atoms with van der Waals surface area (Å²) in [4.78, 5) is 12.3. The van der Waals surface area contributed by atoms with E-state index >= 15 is 0 Å². The molecule has 3 aromatic heterocycles. The second kappa shape index (κ2) is 5.76. The lowest BCUT2D eigenvalue weighted by molar-refractivity contribution is 0.102. The summed E-state index contributed by atoms with van der Waals surface area (Å²) < 4.78 is 1.58. The quantitative estimate of drug-likeness (QED) is 0.573. The highest BCUT2D eigenvalue weighted by Gasteiger charge is 2.29. The average molecular weight is 373 g/mol. The van der Waals surface area contributed by atoms with Crippen molar-refractivity contribution in [3.8, 4) is 5.82 Å². The van der Waals surface area contributed by atoms with E-state index < -0.39 is 5.60 Å². The average Bonchev–Trinajstić information content (AvgIpc) is 3.26. The van der Waals surface area contributed by atoms with Gasteiger partial charge in [0.25, 0.3) is 0 Å². The Morgan fingerprint density at radius 2 is 2.12 bits per heavy atom. The summed E-state index contributed by atoms with van der Waals surface area (Å²) in [5.41, 5.74) is 5.89. The van der Waals surface area contributed by atoms with Crippen LogP contribution in [-0.2, 0) is 5.60 Å². The lowest BCUT2D eigenvalue weighted by Gasteiger charge is -2.21. The number of thiazole rings is 1. The van der Waals surface area contributed by atoms with Crippen LogP contribution in [-0.4, -0.2) is 29.8 Å². The van der Waals surface area contributed by atoms with Crippen molar-refractivity contribution in [2.45, 2.75) is 12.5 Å². The van der Waals surface area contributed by atoms with Gasteiger partial charge in [0, 0.05) is 17.0 Å². The number of nitrogen functional groups attached to an aromatic ring is 1. The zero-order valence-electron chi connectivity index (χ0n) is 13.1. The molecule has 0 fully saturated rings. The molecule has 1 atom stereocenters. The van der Waals surface area contributed by atoms with Crippen LogP contribution in [0.4, 0.5) is 5.95 Å². The Morgan fingerprint density at radius 1 is 1.28 bits per heavy atom. The molecule has 0 aliphatic rings. The second-order valence-electron chi connectivity index (χ2n) is 5.64. The van der Waals surface area contributed by atoms with Gasteiger partial charge in [0.05, 0.1) is 17.9 Å². The first-order valence-electron chi connectivity index (χ1n) is 7.36. The van der Waals surface area contributed by atoms with E-state index in [1.54, 1.807) is 24.0 Å². The second-order valence-corrected chi connectivity index (χ2v) is 6.94. The normalized spacial score (nSPS) is 13.9. The van der Waals surface area contributed by atoms with Gasteiger partial charge in [-0.25, -0.2) is 14.6 Å². The number of hydrogen-bond donors (Lipinski definition) is 2. The van der Waals surface area contributed by atoms with Gasteiger partial charge < -0.3 is 10.8 Å². The first kappa shape index (κ1) is 15.9. The molecular formula is C16H13ClN6OS. The van der Waals surface area contributed by atoms with Crippen LogP contribution in [0.25, 0.3) is 16.7 Å². The number of fused-ring (bicyclic) bond motifs is 1. The molecule has 126 valence electrons. The number of hydrogen-bond acceptors (Lipinski definition) is 7. The van der Waals surface area contributed by atoms with Gasteiger partial charge in [0.1, 0.15) is 15.6 Å². The molecule has 4 rings (SSSR count). The molecular weight excluding hydrogens is 360 g/mol. The number of anilines is 1. The highest BCUT2D eigenvalue weighted by Crippen LogP contribution is 2.33. The van der Waals surface area contributed by atoms with Gasteiger partial charge in [-0.05, 0) is 18.6 Å². The SMILES string of the molecule is CC(O)(c1ccc2cnn(-c3nc(N)ncc3Cl)c2c1)c1nccs1. The van der Waals surface area contributed by atoms with Gasteiger partial charge in [-0.3, -0.25) is 0 Å². The first-order chi connectivity index (χ1) is 12.0. The fourth-order valence-electron chi connectivity index (χ4n) is 2.60. The van der Waals surface area contributed by atoms with E-state index in [2.05, 4.69) is 20.1 Å². The first-order valence-corrected chi connectivity index (χ1v) is 8.61. The minimum Gasteiger partial charge on any atom is -0.378 e. The molecule has 3 heterocycles. The van der Waals surface area contributed by atoms with Crippen LogP contribution >= 0.6 is 22.9 Å². The summed E-state index contributed by atoms with van der Waals surface area (Å²) in [7, 11) is 0. The third-order valence-electron chi connectivity index (χ3n) is 3.93. The molecule has 0 aliphatic carbocycles. The van der Waals surface area contributed by atoms with E-state index in [0.29, 0.717) is 21.4 Å². The fraction of sp³-hybridized carbons (Fsp3) is 0.125. The number of nitrogens with zero attached hydrogens (tertiary/aromatic N) is 5. The van der Waals surface area contributed by atoms with Crippen molar-refractivity contribution < 1.29 is 5.11 Å². The zero-order valence-corrected chi connectivity index (χ0v) is 14.7. The maximum atomic E-state index is 10.9. The van der Waals surface area contributed by atoms with Crippen LogP contribution < -0.4 is 5.73 Å². The van der Waals surface area contributed by atoms with Gasteiger partial charge in [0.2, 0.25) is 5.95 Å². The Balaban J connectivity index is 1.90. The minimum absolute atomic E-state index is 0.106. The highest BCUT2D eigenvalue weighted by molar-refractivity contribution is 7.09. The van der Waals surface area contributed by atoms with Crippen molar-refractivity contribution in [1.82, 2.24) is 24.7 Å². The van der Waals surface area contributed by atoms with Crippen molar-refractivity contribution >= 4 is 39.8 Å². The molecule has 0 saturated carbocycles. The molecule has 0 radical (unpaired) electrons. The summed E-state index contributed by atoms with van der Waals surface area (Å²) >= 11 is 7.60. The van der Waals surface area contributed by atoms with Gasteiger partial charge in [-0.2, -0.15) is 10.1 Å². The molecule has 25 heavy (non-hydrogen) atoms. The van der Waals surface area contributed by atoms with E-state index in [0.717, 1.165) is 10.9 Å². The van der Waals surface area contributed by atoms with Crippen LogP contribution in [0.1, 0.15) is 17.5 Å². The molecule has 0 amide bonds. The van der Waals surface area contributed by atoms with E-state index in [4.69, 9.17) is 17.3 Å². The number of aliphatic hydroxyl groups is 1. The molecule has 1 unspecified atom stereocenters. The van der Waals surface area contributed by atoms with Gasteiger partial charge in [-0.1, -0.05) is 23.7 Å². The maximum absolute atomic E-state index is 10.9. The number of halogens is 1.